The third-order valence-corrected chi connectivity index (χ3v) is 3.30. The highest BCUT2D eigenvalue weighted by atomic mass is 16.1. The summed E-state index contributed by atoms with van der Waals surface area (Å²) >= 11 is 0. The molecular weight excluding hydrogens is 264 g/mol. The van der Waals surface area contributed by atoms with Crippen molar-refractivity contribution in [3.05, 3.63) is 53.7 Å². The molecule has 0 aliphatic rings. The summed E-state index contributed by atoms with van der Waals surface area (Å²) in [5.74, 6) is 0.185. The molecule has 0 atom stereocenters. The topological polar surface area (TPSA) is 85.2 Å². The van der Waals surface area contributed by atoms with Crippen LogP contribution in [-0.4, -0.2) is 16.9 Å². The van der Waals surface area contributed by atoms with Gasteiger partial charge < -0.3 is 16.4 Å². The van der Waals surface area contributed by atoms with Crippen molar-refractivity contribution in [2.75, 3.05) is 10.6 Å². The molecule has 0 saturated heterocycles. The third-order valence-electron chi connectivity index (χ3n) is 3.30. The highest BCUT2D eigenvalue weighted by molar-refractivity contribution is 5.91. The lowest BCUT2D eigenvalue weighted by Crippen LogP contribution is -2.31. The van der Waals surface area contributed by atoms with Crippen molar-refractivity contribution in [2.45, 2.75) is 26.4 Å². The van der Waals surface area contributed by atoms with E-state index in [0.29, 0.717) is 12.4 Å². The monoisotopic (exact) mass is 284 g/mol. The molecule has 5 nitrogen and oxygen atoms in total. The summed E-state index contributed by atoms with van der Waals surface area (Å²) in [4.78, 5) is 17.7. The fourth-order valence-corrected chi connectivity index (χ4v) is 2.11. The molecule has 0 aliphatic carbocycles. The molecule has 1 aromatic heterocycles. The van der Waals surface area contributed by atoms with Crippen molar-refractivity contribution >= 4 is 17.4 Å². The van der Waals surface area contributed by atoms with Gasteiger partial charge >= 0.3 is 0 Å². The molecule has 5 heteroatoms. The van der Waals surface area contributed by atoms with Gasteiger partial charge in [0, 0.05) is 18.3 Å². The van der Waals surface area contributed by atoms with Gasteiger partial charge in [0.2, 0.25) is 0 Å². The number of primary amides is 1. The Hall–Kier alpha value is -2.56. The zero-order chi connectivity index (χ0) is 15.4. The number of carbonyl (C=O) groups is 1. The first kappa shape index (κ1) is 14.8. The number of nitrogens with two attached hydrogens (primary N) is 2. The van der Waals surface area contributed by atoms with Gasteiger partial charge in [-0.05, 0) is 37.6 Å². The Morgan fingerprint density at radius 3 is 2.52 bits per heavy atom. The van der Waals surface area contributed by atoms with Gasteiger partial charge in [0.05, 0.1) is 0 Å². The quantitative estimate of drug-likeness (QED) is 0.824. The minimum Gasteiger partial charge on any atom is -0.398 e. The molecule has 4 N–H and O–H groups in total. The highest BCUT2D eigenvalue weighted by Crippen LogP contribution is 2.21. The van der Waals surface area contributed by atoms with E-state index in [1.807, 2.05) is 30.3 Å². The normalized spacial score (nSPS) is 10.6. The van der Waals surface area contributed by atoms with Gasteiger partial charge in [-0.3, -0.25) is 4.79 Å². The molecule has 1 heterocycles. The minimum atomic E-state index is -0.528. The number of anilines is 2. The molecule has 110 valence electrons. The summed E-state index contributed by atoms with van der Waals surface area (Å²) in [5.41, 5.74) is 13.3. The first-order valence-corrected chi connectivity index (χ1v) is 6.86. The largest absolute Gasteiger partial charge is 0.398 e. The van der Waals surface area contributed by atoms with Crippen LogP contribution in [0, 0.1) is 0 Å². The number of carbonyl (C=O) groups excluding carboxylic acids is 1. The lowest BCUT2D eigenvalue weighted by molar-refractivity contribution is 0.0995. The van der Waals surface area contributed by atoms with Crippen LogP contribution in [0.1, 0.15) is 29.9 Å². The number of para-hydroxylation sites is 1. The van der Waals surface area contributed by atoms with Gasteiger partial charge in [0.15, 0.2) is 0 Å². The van der Waals surface area contributed by atoms with Crippen LogP contribution in [-0.2, 0) is 6.54 Å². The van der Waals surface area contributed by atoms with Crippen LogP contribution in [0.15, 0.2) is 42.5 Å². The average Bonchev–Trinajstić information content (AvgIpc) is 2.46. The molecule has 21 heavy (non-hydrogen) atoms. The van der Waals surface area contributed by atoms with E-state index in [1.54, 1.807) is 12.1 Å². The highest BCUT2D eigenvalue weighted by Gasteiger charge is 2.15. The molecule has 1 aromatic carbocycles. The smallest absolute Gasteiger partial charge is 0.267 e. The van der Waals surface area contributed by atoms with Crippen LogP contribution in [0.25, 0.3) is 0 Å². The van der Waals surface area contributed by atoms with E-state index >= 15 is 0 Å². The van der Waals surface area contributed by atoms with E-state index in [4.69, 9.17) is 11.5 Å². The number of pyridine rings is 1. The molecule has 2 rings (SSSR count). The number of hydrogen-bond acceptors (Lipinski definition) is 4. The van der Waals surface area contributed by atoms with E-state index in [1.165, 1.54) is 0 Å². The number of nitrogen functional groups attached to an aromatic ring is 1. The van der Waals surface area contributed by atoms with Gasteiger partial charge in [-0.25, -0.2) is 4.98 Å². The molecular formula is C16H20N4O. The van der Waals surface area contributed by atoms with Gasteiger partial charge in [-0.2, -0.15) is 0 Å². The molecule has 0 saturated carbocycles. The molecule has 0 spiro atoms. The number of hydrogen-bond donors (Lipinski definition) is 2. The first-order valence-electron chi connectivity index (χ1n) is 6.86. The van der Waals surface area contributed by atoms with E-state index in [0.717, 1.165) is 11.3 Å². The van der Waals surface area contributed by atoms with Crippen LogP contribution in [0.3, 0.4) is 0 Å². The number of benzene rings is 1. The third kappa shape index (κ3) is 3.51. The average molecular weight is 284 g/mol. The molecule has 0 unspecified atom stereocenters. The first-order chi connectivity index (χ1) is 9.99. The number of nitrogens with zero attached hydrogens (tertiary/aromatic N) is 2. The maximum absolute atomic E-state index is 11.3. The molecule has 1 amide bonds. The summed E-state index contributed by atoms with van der Waals surface area (Å²) in [6.07, 6.45) is 0. The van der Waals surface area contributed by atoms with Crippen molar-refractivity contribution in [3.63, 3.8) is 0 Å². The Labute approximate surface area is 124 Å². The fraction of sp³-hybridized carbons (Fsp3) is 0.250. The van der Waals surface area contributed by atoms with Gasteiger partial charge in [-0.1, -0.05) is 24.3 Å². The van der Waals surface area contributed by atoms with Crippen LogP contribution < -0.4 is 16.4 Å². The van der Waals surface area contributed by atoms with Crippen LogP contribution in [0.5, 0.6) is 0 Å². The van der Waals surface area contributed by atoms with E-state index in [-0.39, 0.29) is 11.7 Å². The maximum Gasteiger partial charge on any atom is 0.267 e. The van der Waals surface area contributed by atoms with Crippen molar-refractivity contribution in [1.82, 2.24) is 4.98 Å². The summed E-state index contributed by atoms with van der Waals surface area (Å²) in [6.45, 7) is 4.76. The maximum atomic E-state index is 11.3. The number of rotatable bonds is 5. The Bertz CT molecular complexity index is 640. The second kappa shape index (κ2) is 6.26. The zero-order valence-electron chi connectivity index (χ0n) is 12.3. The molecule has 2 aromatic rings. The van der Waals surface area contributed by atoms with Crippen molar-refractivity contribution < 1.29 is 4.79 Å². The predicted octanol–water partition coefficient (Wildman–Crippen LogP) is 2.18. The van der Waals surface area contributed by atoms with Gasteiger partial charge in [0.25, 0.3) is 5.91 Å². The minimum absolute atomic E-state index is 0.209. The van der Waals surface area contributed by atoms with Crippen molar-refractivity contribution in [2.24, 2.45) is 5.73 Å². The predicted molar refractivity (Wildman–Crippen MR) is 84.9 cm³/mol. The summed E-state index contributed by atoms with van der Waals surface area (Å²) < 4.78 is 0. The van der Waals surface area contributed by atoms with E-state index < -0.39 is 5.91 Å². The standard InChI is InChI=1S/C16H20N4O/c1-11(2)20(10-12-6-3-4-7-13(12)17)15-9-5-8-14(19-15)16(18)21/h3-9,11H,10,17H2,1-2H3,(H2,18,21). The fourth-order valence-electron chi connectivity index (χ4n) is 2.11. The van der Waals surface area contributed by atoms with Crippen LogP contribution >= 0.6 is 0 Å². The second-order valence-electron chi connectivity index (χ2n) is 5.17. The summed E-state index contributed by atoms with van der Waals surface area (Å²) in [6, 6.07) is 13.2. The molecule has 0 bridgehead atoms. The lowest BCUT2D eigenvalue weighted by Gasteiger charge is -2.28. The number of amides is 1. The Morgan fingerprint density at radius 1 is 1.19 bits per heavy atom. The van der Waals surface area contributed by atoms with E-state index in [2.05, 4.69) is 23.7 Å². The molecule has 0 radical (unpaired) electrons. The van der Waals surface area contributed by atoms with Crippen LogP contribution in [0.4, 0.5) is 11.5 Å². The zero-order valence-corrected chi connectivity index (χ0v) is 12.3. The lowest BCUT2D eigenvalue weighted by atomic mass is 10.1. The van der Waals surface area contributed by atoms with Crippen molar-refractivity contribution in [1.29, 1.82) is 0 Å². The molecule has 0 fully saturated rings. The summed E-state index contributed by atoms with van der Waals surface area (Å²) in [7, 11) is 0. The number of aromatic nitrogens is 1. The summed E-state index contributed by atoms with van der Waals surface area (Å²) in [5, 5.41) is 0. The Kier molecular flexibility index (Phi) is 4.42. The van der Waals surface area contributed by atoms with Gasteiger partial charge in [-0.15, -0.1) is 0 Å². The Morgan fingerprint density at radius 2 is 1.90 bits per heavy atom. The van der Waals surface area contributed by atoms with Gasteiger partial charge in [0.1, 0.15) is 11.5 Å². The van der Waals surface area contributed by atoms with Crippen LogP contribution in [0.2, 0.25) is 0 Å². The second-order valence-corrected chi connectivity index (χ2v) is 5.17. The van der Waals surface area contributed by atoms with Crippen molar-refractivity contribution in [3.8, 4) is 0 Å². The molecule has 0 aliphatic heterocycles. The Balaban J connectivity index is 2.34. The van der Waals surface area contributed by atoms with E-state index in [9.17, 15) is 4.79 Å². The SMILES string of the molecule is CC(C)N(Cc1ccccc1N)c1cccc(C(N)=O)n1.